The van der Waals surface area contributed by atoms with E-state index in [2.05, 4.69) is 10.2 Å². The number of benzene rings is 1. The second-order valence-corrected chi connectivity index (χ2v) is 3.83. The molecule has 18 heavy (non-hydrogen) atoms. The van der Waals surface area contributed by atoms with E-state index < -0.39 is 17.3 Å². The largest absolute Gasteiger partial charge is 0.416 e. The van der Waals surface area contributed by atoms with Crippen molar-refractivity contribution in [2.24, 2.45) is 0 Å². The zero-order chi connectivity index (χ0) is 13.3. The van der Waals surface area contributed by atoms with Gasteiger partial charge in [-0.25, -0.2) is 5.10 Å². The van der Waals surface area contributed by atoms with E-state index in [-0.39, 0.29) is 11.1 Å². The van der Waals surface area contributed by atoms with Gasteiger partial charge in [0, 0.05) is 0 Å². The predicted octanol–water partition coefficient (Wildman–Crippen LogP) is 2.76. The first-order valence-electron chi connectivity index (χ1n) is 5.12. The van der Waals surface area contributed by atoms with Crippen LogP contribution in [0.1, 0.15) is 11.3 Å². The van der Waals surface area contributed by atoms with Gasteiger partial charge in [0.1, 0.15) is 0 Å². The van der Waals surface area contributed by atoms with E-state index >= 15 is 0 Å². The lowest BCUT2D eigenvalue weighted by atomic mass is 10.0. The van der Waals surface area contributed by atoms with E-state index in [1.807, 2.05) is 0 Å². The average Bonchev–Trinajstić information content (AvgIpc) is 2.31. The zero-order valence-electron chi connectivity index (χ0n) is 9.38. The lowest BCUT2D eigenvalue weighted by Gasteiger charge is -2.08. The van der Waals surface area contributed by atoms with Crippen LogP contribution >= 0.6 is 0 Å². The maximum atomic E-state index is 12.6. The van der Waals surface area contributed by atoms with Gasteiger partial charge in [-0.3, -0.25) is 4.79 Å². The Hall–Kier alpha value is -2.11. The summed E-state index contributed by atoms with van der Waals surface area (Å²) in [5.41, 5.74) is -0.374. The lowest BCUT2D eigenvalue weighted by Crippen LogP contribution is -2.12. The molecule has 1 heterocycles. The minimum absolute atomic E-state index is 0.175. The molecule has 0 saturated carbocycles. The Kier molecular flexibility index (Phi) is 2.94. The molecule has 2 rings (SSSR count). The molecule has 0 unspecified atom stereocenters. The first-order chi connectivity index (χ1) is 8.38. The van der Waals surface area contributed by atoms with Gasteiger partial charge in [-0.15, -0.1) is 0 Å². The second-order valence-electron chi connectivity index (χ2n) is 3.83. The minimum Gasteiger partial charge on any atom is -0.267 e. The fourth-order valence-electron chi connectivity index (χ4n) is 1.58. The third kappa shape index (κ3) is 2.42. The van der Waals surface area contributed by atoms with Crippen molar-refractivity contribution in [3.63, 3.8) is 0 Å². The van der Waals surface area contributed by atoms with Crippen LogP contribution in [0.15, 0.2) is 35.1 Å². The third-order valence-corrected chi connectivity index (χ3v) is 2.43. The van der Waals surface area contributed by atoms with Gasteiger partial charge in [0.2, 0.25) is 0 Å². The van der Waals surface area contributed by atoms with E-state index in [9.17, 15) is 18.0 Å². The van der Waals surface area contributed by atoms with Crippen molar-refractivity contribution < 1.29 is 13.2 Å². The number of alkyl halides is 3. The van der Waals surface area contributed by atoms with Crippen LogP contribution in [0.5, 0.6) is 0 Å². The molecule has 0 aliphatic rings. The molecule has 1 N–H and O–H groups in total. The standard InChI is InChI=1S/C12H9F3N2O/c1-7-5-10(11(18)17-16-7)8-3-2-4-9(6-8)12(13,14)15/h2-6H,1H3,(H,17,18). The van der Waals surface area contributed by atoms with Gasteiger partial charge in [0.05, 0.1) is 16.8 Å². The number of H-pyrrole nitrogens is 1. The van der Waals surface area contributed by atoms with Crippen molar-refractivity contribution in [1.29, 1.82) is 0 Å². The predicted molar refractivity (Wildman–Crippen MR) is 60.0 cm³/mol. The average molecular weight is 254 g/mol. The summed E-state index contributed by atoms with van der Waals surface area (Å²) >= 11 is 0. The van der Waals surface area contributed by atoms with E-state index in [1.165, 1.54) is 18.2 Å². The highest BCUT2D eigenvalue weighted by Gasteiger charge is 2.30. The molecule has 94 valence electrons. The molecule has 0 bridgehead atoms. The zero-order valence-corrected chi connectivity index (χ0v) is 9.38. The Balaban J connectivity index is 2.58. The molecular weight excluding hydrogens is 245 g/mol. The molecule has 0 spiro atoms. The van der Waals surface area contributed by atoms with Crippen molar-refractivity contribution >= 4 is 0 Å². The van der Waals surface area contributed by atoms with E-state index in [1.54, 1.807) is 6.92 Å². The summed E-state index contributed by atoms with van der Waals surface area (Å²) in [6.45, 7) is 1.65. The Morgan fingerprint density at radius 1 is 1.22 bits per heavy atom. The first-order valence-corrected chi connectivity index (χ1v) is 5.12. The monoisotopic (exact) mass is 254 g/mol. The van der Waals surface area contributed by atoms with Crippen molar-refractivity contribution in [2.45, 2.75) is 13.1 Å². The summed E-state index contributed by atoms with van der Waals surface area (Å²) in [6.07, 6.45) is -4.43. The van der Waals surface area contributed by atoms with Gasteiger partial charge in [-0.2, -0.15) is 18.3 Å². The van der Waals surface area contributed by atoms with Crippen LogP contribution in [0.3, 0.4) is 0 Å². The number of hydrogen-bond acceptors (Lipinski definition) is 2. The molecule has 0 amide bonds. The molecule has 0 saturated heterocycles. The number of nitrogens with zero attached hydrogens (tertiary/aromatic N) is 1. The van der Waals surface area contributed by atoms with Crippen LogP contribution in [-0.2, 0) is 6.18 Å². The van der Waals surface area contributed by atoms with E-state index in [4.69, 9.17) is 0 Å². The molecule has 1 aromatic carbocycles. The molecular formula is C12H9F3N2O. The normalized spacial score (nSPS) is 11.6. The fraction of sp³-hybridized carbons (Fsp3) is 0.167. The van der Waals surface area contributed by atoms with Gasteiger partial charge in [-0.1, -0.05) is 12.1 Å². The van der Waals surface area contributed by atoms with Crippen LogP contribution < -0.4 is 5.56 Å². The summed E-state index contributed by atoms with van der Waals surface area (Å²) in [4.78, 5) is 11.5. The fourth-order valence-corrected chi connectivity index (χ4v) is 1.58. The van der Waals surface area contributed by atoms with Crippen LogP contribution in [0.25, 0.3) is 11.1 Å². The highest BCUT2D eigenvalue weighted by Crippen LogP contribution is 2.31. The SMILES string of the molecule is Cc1cc(-c2cccc(C(F)(F)F)c2)c(=O)[nH]n1. The van der Waals surface area contributed by atoms with Crippen LogP contribution in [-0.4, -0.2) is 10.2 Å². The van der Waals surface area contributed by atoms with Gasteiger partial charge in [-0.05, 0) is 30.7 Å². The topological polar surface area (TPSA) is 45.8 Å². The highest BCUT2D eigenvalue weighted by molar-refractivity contribution is 5.63. The summed E-state index contributed by atoms with van der Waals surface area (Å²) < 4.78 is 37.7. The van der Waals surface area contributed by atoms with Gasteiger partial charge in [0.25, 0.3) is 5.56 Å². The molecule has 0 radical (unpaired) electrons. The van der Waals surface area contributed by atoms with E-state index in [0.717, 1.165) is 12.1 Å². The van der Waals surface area contributed by atoms with Crippen molar-refractivity contribution in [3.05, 3.63) is 51.9 Å². The summed E-state index contributed by atoms with van der Waals surface area (Å²) in [5, 5.41) is 5.91. The smallest absolute Gasteiger partial charge is 0.267 e. The van der Waals surface area contributed by atoms with Gasteiger partial charge >= 0.3 is 6.18 Å². The van der Waals surface area contributed by atoms with Gasteiger partial charge in [0.15, 0.2) is 0 Å². The number of halogens is 3. The number of aryl methyl sites for hydroxylation is 1. The Bertz CT molecular complexity index is 632. The third-order valence-electron chi connectivity index (χ3n) is 2.43. The Labute approximate surface area is 100 Å². The minimum atomic E-state index is -4.43. The number of aromatic amines is 1. The lowest BCUT2D eigenvalue weighted by molar-refractivity contribution is -0.137. The number of rotatable bonds is 1. The molecule has 3 nitrogen and oxygen atoms in total. The quantitative estimate of drug-likeness (QED) is 0.850. The molecule has 2 aromatic rings. The molecule has 0 atom stereocenters. The summed E-state index contributed by atoms with van der Waals surface area (Å²) in [6, 6.07) is 6.09. The van der Waals surface area contributed by atoms with Crippen molar-refractivity contribution in [2.75, 3.05) is 0 Å². The maximum Gasteiger partial charge on any atom is 0.416 e. The maximum absolute atomic E-state index is 12.6. The van der Waals surface area contributed by atoms with Crippen LogP contribution in [0, 0.1) is 6.92 Å². The van der Waals surface area contributed by atoms with Gasteiger partial charge < -0.3 is 0 Å². The molecule has 0 aliphatic heterocycles. The van der Waals surface area contributed by atoms with Crippen LogP contribution in [0.2, 0.25) is 0 Å². The van der Waals surface area contributed by atoms with Crippen molar-refractivity contribution in [3.8, 4) is 11.1 Å². The molecule has 0 aliphatic carbocycles. The van der Waals surface area contributed by atoms with E-state index in [0.29, 0.717) is 5.69 Å². The molecule has 1 aromatic heterocycles. The summed E-state index contributed by atoms with van der Waals surface area (Å²) in [5.74, 6) is 0. The Morgan fingerprint density at radius 2 is 1.94 bits per heavy atom. The Morgan fingerprint density at radius 3 is 2.61 bits per heavy atom. The molecule has 6 heteroatoms. The number of hydrogen-bond donors (Lipinski definition) is 1. The highest BCUT2D eigenvalue weighted by atomic mass is 19.4. The number of nitrogens with one attached hydrogen (secondary N) is 1. The summed E-state index contributed by atoms with van der Waals surface area (Å²) in [7, 11) is 0. The number of aromatic nitrogens is 2. The second kappa shape index (κ2) is 4.29. The van der Waals surface area contributed by atoms with Crippen molar-refractivity contribution in [1.82, 2.24) is 10.2 Å². The van der Waals surface area contributed by atoms with Crippen LogP contribution in [0.4, 0.5) is 13.2 Å². The first kappa shape index (κ1) is 12.3. The molecule has 0 fully saturated rings.